The van der Waals surface area contributed by atoms with Crippen LogP contribution in [0.3, 0.4) is 0 Å². The fourth-order valence-corrected chi connectivity index (χ4v) is 2.95. The first-order valence-corrected chi connectivity index (χ1v) is 8.56. The monoisotopic (exact) mass is 348 g/mol. The third kappa shape index (κ3) is 4.25. The summed E-state index contributed by atoms with van der Waals surface area (Å²) in [5.74, 6) is -3.42. The highest BCUT2D eigenvalue weighted by molar-refractivity contribution is 6.61. The smallest absolute Gasteiger partial charge is 0.407 e. The van der Waals surface area contributed by atoms with Crippen molar-refractivity contribution in [3.8, 4) is 11.1 Å². The first-order valence-electron chi connectivity index (χ1n) is 8.56. The summed E-state index contributed by atoms with van der Waals surface area (Å²) >= 11 is 0. The Morgan fingerprint density at radius 3 is 2.12 bits per heavy atom. The molecule has 1 aliphatic heterocycles. The zero-order chi connectivity index (χ0) is 17.8. The second kappa shape index (κ2) is 8.06. The Morgan fingerprint density at radius 1 is 0.960 bits per heavy atom. The maximum atomic E-state index is 13.4. The number of unbranched alkanes of at least 4 members (excludes halogenated alkanes) is 1. The van der Waals surface area contributed by atoms with E-state index in [1.165, 1.54) is 6.42 Å². The van der Waals surface area contributed by atoms with Crippen LogP contribution >= 0.6 is 0 Å². The number of rotatable bonds is 5. The molecule has 0 spiro atoms. The normalized spacial score (nSPS) is 15.6. The van der Waals surface area contributed by atoms with Crippen molar-refractivity contribution in [1.82, 2.24) is 0 Å². The van der Waals surface area contributed by atoms with Gasteiger partial charge in [0, 0.05) is 19.1 Å². The van der Waals surface area contributed by atoms with Crippen molar-refractivity contribution in [1.29, 1.82) is 0 Å². The maximum Gasteiger partial charge on any atom is 0.493 e. The van der Waals surface area contributed by atoms with Crippen molar-refractivity contribution in [3.05, 3.63) is 53.8 Å². The van der Waals surface area contributed by atoms with Gasteiger partial charge in [0.25, 0.3) is 0 Å². The summed E-state index contributed by atoms with van der Waals surface area (Å²) in [5.41, 5.74) is 1.73. The van der Waals surface area contributed by atoms with Gasteiger partial charge < -0.3 is 9.31 Å². The summed E-state index contributed by atoms with van der Waals surface area (Å²) in [4.78, 5) is 0. The van der Waals surface area contributed by atoms with Crippen LogP contribution in [0.4, 0.5) is 13.2 Å². The lowest BCUT2D eigenvalue weighted by Gasteiger charge is -2.27. The minimum absolute atomic E-state index is 0.285. The second-order valence-corrected chi connectivity index (χ2v) is 6.38. The Hall–Kier alpha value is -1.79. The van der Waals surface area contributed by atoms with Crippen LogP contribution in [-0.2, 0) is 9.31 Å². The SMILES string of the molecule is CCCCC1COB(c2ccc(-c3cc(F)c(F)c(F)c3)cc2)OC1. The average Bonchev–Trinajstić information content (AvgIpc) is 2.64. The molecule has 0 bridgehead atoms. The Bertz CT molecular complexity index is 690. The minimum atomic E-state index is -1.46. The fraction of sp³-hybridized carbons (Fsp3) is 0.368. The van der Waals surface area contributed by atoms with Crippen LogP contribution in [-0.4, -0.2) is 20.3 Å². The molecule has 0 saturated carbocycles. The van der Waals surface area contributed by atoms with E-state index in [-0.39, 0.29) is 5.56 Å². The van der Waals surface area contributed by atoms with Gasteiger partial charge in [0.15, 0.2) is 17.5 Å². The molecule has 2 nitrogen and oxygen atoms in total. The lowest BCUT2D eigenvalue weighted by atomic mass is 9.76. The van der Waals surface area contributed by atoms with Gasteiger partial charge in [-0.1, -0.05) is 44.0 Å². The van der Waals surface area contributed by atoms with Gasteiger partial charge in [-0.25, -0.2) is 13.2 Å². The highest BCUT2D eigenvalue weighted by Gasteiger charge is 2.28. The molecule has 2 aromatic carbocycles. The van der Waals surface area contributed by atoms with E-state index in [0.717, 1.165) is 30.4 Å². The van der Waals surface area contributed by atoms with Gasteiger partial charge in [-0.05, 0) is 35.1 Å². The van der Waals surface area contributed by atoms with E-state index in [2.05, 4.69) is 6.92 Å². The Labute approximate surface area is 146 Å². The van der Waals surface area contributed by atoms with Gasteiger partial charge in [0.2, 0.25) is 0 Å². The van der Waals surface area contributed by atoms with Gasteiger partial charge >= 0.3 is 7.12 Å². The zero-order valence-corrected chi connectivity index (χ0v) is 14.1. The highest BCUT2D eigenvalue weighted by atomic mass is 19.2. The lowest BCUT2D eigenvalue weighted by molar-refractivity contribution is 0.0813. The molecule has 25 heavy (non-hydrogen) atoms. The summed E-state index contributed by atoms with van der Waals surface area (Å²) in [7, 11) is -0.423. The summed E-state index contributed by atoms with van der Waals surface area (Å²) in [5, 5.41) is 0. The van der Waals surface area contributed by atoms with Crippen LogP contribution in [0.25, 0.3) is 11.1 Å². The highest BCUT2D eigenvalue weighted by Crippen LogP contribution is 2.23. The number of halogens is 3. The van der Waals surface area contributed by atoms with E-state index >= 15 is 0 Å². The molecule has 0 amide bonds. The molecule has 0 aromatic heterocycles. The first kappa shape index (κ1) is 18.0. The maximum absolute atomic E-state index is 13.4. The number of hydrogen-bond acceptors (Lipinski definition) is 2. The van der Waals surface area contributed by atoms with Crippen LogP contribution in [0.2, 0.25) is 0 Å². The van der Waals surface area contributed by atoms with Gasteiger partial charge in [-0.15, -0.1) is 0 Å². The van der Waals surface area contributed by atoms with Crippen LogP contribution in [0.15, 0.2) is 36.4 Å². The minimum Gasteiger partial charge on any atom is -0.407 e. The Kier molecular flexibility index (Phi) is 5.81. The summed E-state index contributed by atoms with van der Waals surface area (Å²) in [6.07, 6.45) is 3.43. The van der Waals surface area contributed by atoms with Crippen molar-refractivity contribution in [2.45, 2.75) is 26.2 Å². The molecule has 1 aliphatic rings. The van der Waals surface area contributed by atoms with E-state index in [4.69, 9.17) is 9.31 Å². The molecule has 0 radical (unpaired) electrons. The van der Waals surface area contributed by atoms with E-state index in [9.17, 15) is 13.2 Å². The molecule has 3 rings (SSSR count). The average molecular weight is 348 g/mol. The standard InChI is InChI=1S/C19H20BF3O2/c1-2-3-4-13-11-24-20(25-12-13)16-7-5-14(6-8-16)15-9-17(21)19(23)18(22)10-15/h5-10,13H,2-4,11-12H2,1H3. The number of benzene rings is 2. The summed E-state index contributed by atoms with van der Waals surface area (Å²) < 4.78 is 51.4. The van der Waals surface area contributed by atoms with Crippen LogP contribution in [0.5, 0.6) is 0 Å². The predicted molar refractivity (Wildman–Crippen MR) is 92.1 cm³/mol. The quantitative estimate of drug-likeness (QED) is 0.592. The molecule has 1 fully saturated rings. The summed E-state index contributed by atoms with van der Waals surface area (Å²) in [6, 6.07) is 9.00. The summed E-state index contributed by atoms with van der Waals surface area (Å²) in [6.45, 7) is 3.50. The molecule has 0 unspecified atom stereocenters. The molecule has 1 saturated heterocycles. The molecule has 1 heterocycles. The van der Waals surface area contributed by atoms with Crippen molar-refractivity contribution in [2.75, 3.05) is 13.2 Å². The molecule has 0 aliphatic carbocycles. The van der Waals surface area contributed by atoms with Gasteiger partial charge in [-0.2, -0.15) is 0 Å². The topological polar surface area (TPSA) is 18.5 Å². The van der Waals surface area contributed by atoms with E-state index in [1.807, 2.05) is 0 Å². The molecular formula is C19H20BF3O2. The largest absolute Gasteiger partial charge is 0.493 e. The van der Waals surface area contributed by atoms with Crippen LogP contribution < -0.4 is 5.46 Å². The molecule has 0 atom stereocenters. The fourth-order valence-electron chi connectivity index (χ4n) is 2.95. The van der Waals surface area contributed by atoms with Gasteiger partial charge in [0.05, 0.1) is 0 Å². The van der Waals surface area contributed by atoms with Crippen LogP contribution in [0, 0.1) is 23.4 Å². The number of hydrogen-bond donors (Lipinski definition) is 0. The van der Waals surface area contributed by atoms with E-state index in [0.29, 0.717) is 24.7 Å². The third-order valence-corrected chi connectivity index (χ3v) is 4.43. The van der Waals surface area contributed by atoms with Crippen molar-refractivity contribution >= 4 is 12.6 Å². The molecular weight excluding hydrogens is 328 g/mol. The lowest BCUT2D eigenvalue weighted by Crippen LogP contribution is -2.44. The molecule has 132 valence electrons. The van der Waals surface area contributed by atoms with Crippen molar-refractivity contribution < 1.29 is 22.5 Å². The van der Waals surface area contributed by atoms with Crippen molar-refractivity contribution in [3.63, 3.8) is 0 Å². The first-order chi connectivity index (χ1) is 12.1. The van der Waals surface area contributed by atoms with E-state index < -0.39 is 24.6 Å². The van der Waals surface area contributed by atoms with E-state index in [1.54, 1.807) is 24.3 Å². The molecule has 6 heteroatoms. The van der Waals surface area contributed by atoms with Crippen molar-refractivity contribution in [2.24, 2.45) is 5.92 Å². The predicted octanol–water partition coefficient (Wildman–Crippen LogP) is 4.32. The Balaban J connectivity index is 1.67. The molecule has 2 aromatic rings. The van der Waals surface area contributed by atoms with Crippen LogP contribution in [0.1, 0.15) is 26.2 Å². The second-order valence-electron chi connectivity index (χ2n) is 6.38. The third-order valence-electron chi connectivity index (χ3n) is 4.43. The van der Waals surface area contributed by atoms with Gasteiger partial charge in [0.1, 0.15) is 0 Å². The molecule has 0 N–H and O–H groups in total. The zero-order valence-electron chi connectivity index (χ0n) is 14.1. The van der Waals surface area contributed by atoms with Gasteiger partial charge in [-0.3, -0.25) is 0 Å². The Morgan fingerprint density at radius 2 is 1.56 bits per heavy atom.